The van der Waals surface area contributed by atoms with Crippen molar-refractivity contribution in [3.8, 4) is 0 Å². The van der Waals surface area contributed by atoms with Crippen molar-refractivity contribution in [2.75, 3.05) is 0 Å². The van der Waals surface area contributed by atoms with Crippen LogP contribution < -0.4 is 10.6 Å². The number of nitrogens with one attached hydrogen (secondary N) is 2. The Hall–Kier alpha value is -3.43. The molecule has 0 saturated heterocycles. The van der Waals surface area contributed by atoms with Gasteiger partial charge in [0.2, 0.25) is 5.91 Å². The summed E-state index contributed by atoms with van der Waals surface area (Å²) in [6, 6.07) is 34.2. The minimum Gasteiger partial charge on any atom is -0.350 e. The fraction of sp³-hybridized carbons (Fsp3) is 0.148. The van der Waals surface area contributed by atoms with E-state index < -0.39 is 6.04 Å². The van der Waals surface area contributed by atoms with Crippen LogP contribution in [0, 0.1) is 0 Å². The molecule has 0 aliphatic heterocycles. The number of hydrogen-bond donors (Lipinski definition) is 2. The summed E-state index contributed by atoms with van der Waals surface area (Å²) in [7, 11) is 0. The van der Waals surface area contributed by atoms with E-state index in [9.17, 15) is 4.79 Å². The zero-order chi connectivity index (χ0) is 20.8. The smallest absolute Gasteiger partial charge is 0.242 e. The zero-order valence-electron chi connectivity index (χ0n) is 17.1. The first-order chi connectivity index (χ1) is 14.7. The Morgan fingerprint density at radius 2 is 1.37 bits per heavy atom. The van der Waals surface area contributed by atoms with E-state index in [0.29, 0.717) is 6.54 Å². The van der Waals surface area contributed by atoms with Crippen molar-refractivity contribution in [3.05, 3.63) is 120 Å². The van der Waals surface area contributed by atoms with Gasteiger partial charge in [-0.15, -0.1) is 0 Å². The van der Waals surface area contributed by atoms with E-state index in [1.54, 1.807) is 0 Å². The van der Waals surface area contributed by atoms with Crippen LogP contribution in [-0.2, 0) is 11.3 Å². The lowest BCUT2D eigenvalue weighted by Gasteiger charge is -2.24. The second kappa shape index (κ2) is 9.38. The summed E-state index contributed by atoms with van der Waals surface area (Å²) in [5, 5.41) is 9.04. The second-order valence-electron chi connectivity index (χ2n) is 7.54. The minimum atomic E-state index is -0.434. The molecule has 30 heavy (non-hydrogen) atoms. The largest absolute Gasteiger partial charge is 0.350 e. The van der Waals surface area contributed by atoms with E-state index >= 15 is 0 Å². The van der Waals surface area contributed by atoms with E-state index in [1.807, 2.05) is 72.8 Å². The fourth-order valence-corrected chi connectivity index (χ4v) is 3.68. The van der Waals surface area contributed by atoms with Gasteiger partial charge in [0.15, 0.2) is 0 Å². The van der Waals surface area contributed by atoms with Crippen molar-refractivity contribution in [1.82, 2.24) is 10.6 Å². The Kier molecular flexibility index (Phi) is 6.21. The lowest BCUT2D eigenvalue weighted by atomic mass is 10.00. The fourth-order valence-electron chi connectivity index (χ4n) is 3.68. The molecule has 0 radical (unpaired) electrons. The molecular formula is C27H26N2O. The van der Waals surface area contributed by atoms with E-state index in [2.05, 4.69) is 47.9 Å². The predicted octanol–water partition coefficient (Wildman–Crippen LogP) is 5.55. The van der Waals surface area contributed by atoms with Gasteiger partial charge in [-0.1, -0.05) is 97.1 Å². The van der Waals surface area contributed by atoms with Crippen molar-refractivity contribution in [1.29, 1.82) is 0 Å². The van der Waals surface area contributed by atoms with Crippen LogP contribution in [0.5, 0.6) is 0 Å². The van der Waals surface area contributed by atoms with Gasteiger partial charge in [-0.05, 0) is 40.5 Å². The molecule has 3 nitrogen and oxygen atoms in total. The summed E-state index contributed by atoms with van der Waals surface area (Å²) in [6.07, 6.45) is 0. The summed E-state index contributed by atoms with van der Waals surface area (Å²) >= 11 is 0. The van der Waals surface area contributed by atoms with Crippen LogP contribution in [0.15, 0.2) is 103 Å². The Labute approximate surface area is 177 Å². The van der Waals surface area contributed by atoms with Gasteiger partial charge in [-0.3, -0.25) is 10.1 Å². The molecule has 0 aliphatic carbocycles. The third-order valence-corrected chi connectivity index (χ3v) is 5.39. The molecule has 2 N–H and O–H groups in total. The molecule has 0 aromatic heterocycles. The lowest BCUT2D eigenvalue weighted by molar-refractivity contribution is -0.123. The summed E-state index contributed by atoms with van der Waals surface area (Å²) in [5.74, 6) is -0.0299. The first-order valence-corrected chi connectivity index (χ1v) is 10.3. The molecule has 4 aromatic rings. The standard InChI is InChI=1S/C27H26N2O/c1-20(24-17-16-22-12-8-9-15-25(22)18-24)29-26(23-13-6-3-7-14-23)27(30)28-19-21-10-4-2-5-11-21/h2-18,20,26,29H,19H2,1H3,(H,28,30)/t20-,26?/m1/s1. The molecule has 2 atom stereocenters. The maximum atomic E-state index is 13.1. The summed E-state index contributed by atoms with van der Waals surface area (Å²) in [4.78, 5) is 13.1. The number of carbonyl (C=O) groups is 1. The Morgan fingerprint density at radius 1 is 0.733 bits per heavy atom. The third-order valence-electron chi connectivity index (χ3n) is 5.39. The number of amides is 1. The highest BCUT2D eigenvalue weighted by atomic mass is 16.2. The number of rotatable bonds is 7. The Balaban J connectivity index is 1.53. The molecule has 3 heteroatoms. The minimum absolute atomic E-state index is 0.0160. The molecule has 0 saturated carbocycles. The zero-order valence-corrected chi connectivity index (χ0v) is 17.1. The molecule has 1 amide bonds. The average Bonchev–Trinajstić information content (AvgIpc) is 2.81. The highest BCUT2D eigenvalue weighted by molar-refractivity contribution is 5.84. The first-order valence-electron chi connectivity index (χ1n) is 10.3. The van der Waals surface area contributed by atoms with Crippen molar-refractivity contribution in [2.45, 2.75) is 25.6 Å². The van der Waals surface area contributed by atoms with Crippen molar-refractivity contribution >= 4 is 16.7 Å². The molecule has 0 heterocycles. The predicted molar refractivity (Wildman–Crippen MR) is 123 cm³/mol. The van der Waals surface area contributed by atoms with Gasteiger partial charge in [-0.25, -0.2) is 0 Å². The van der Waals surface area contributed by atoms with Crippen LogP contribution >= 0.6 is 0 Å². The highest BCUT2D eigenvalue weighted by Gasteiger charge is 2.22. The number of fused-ring (bicyclic) bond motifs is 1. The average molecular weight is 395 g/mol. The molecule has 0 spiro atoms. The van der Waals surface area contributed by atoms with Crippen LogP contribution in [0.25, 0.3) is 10.8 Å². The summed E-state index contributed by atoms with van der Waals surface area (Å²) in [6.45, 7) is 2.61. The van der Waals surface area contributed by atoms with E-state index in [0.717, 1.165) is 16.7 Å². The molecule has 0 aliphatic rings. The second-order valence-corrected chi connectivity index (χ2v) is 7.54. The maximum absolute atomic E-state index is 13.1. The van der Waals surface area contributed by atoms with Crippen molar-refractivity contribution < 1.29 is 4.79 Å². The van der Waals surface area contributed by atoms with Crippen LogP contribution in [0.1, 0.15) is 35.7 Å². The molecule has 4 aromatic carbocycles. The monoisotopic (exact) mass is 394 g/mol. The third kappa shape index (κ3) is 4.76. The van der Waals surface area contributed by atoms with Crippen LogP contribution in [0.3, 0.4) is 0 Å². The molecule has 0 fully saturated rings. The Morgan fingerprint density at radius 3 is 2.10 bits per heavy atom. The van der Waals surface area contributed by atoms with E-state index in [4.69, 9.17) is 0 Å². The normalized spacial score (nSPS) is 13.0. The lowest BCUT2D eigenvalue weighted by Crippen LogP contribution is -2.38. The van der Waals surface area contributed by atoms with Crippen LogP contribution in [0.2, 0.25) is 0 Å². The van der Waals surface area contributed by atoms with Gasteiger partial charge >= 0.3 is 0 Å². The van der Waals surface area contributed by atoms with Crippen LogP contribution in [0.4, 0.5) is 0 Å². The van der Waals surface area contributed by atoms with Crippen LogP contribution in [-0.4, -0.2) is 5.91 Å². The molecule has 4 rings (SSSR count). The van der Waals surface area contributed by atoms with Gasteiger partial charge in [0.05, 0.1) is 0 Å². The van der Waals surface area contributed by atoms with E-state index in [-0.39, 0.29) is 11.9 Å². The van der Waals surface area contributed by atoms with Gasteiger partial charge < -0.3 is 5.32 Å². The molecule has 0 bridgehead atoms. The molecule has 150 valence electrons. The maximum Gasteiger partial charge on any atom is 0.242 e. The van der Waals surface area contributed by atoms with Gasteiger partial charge in [0.25, 0.3) is 0 Å². The first kappa shape index (κ1) is 19.9. The number of carbonyl (C=O) groups excluding carboxylic acids is 1. The molecule has 1 unspecified atom stereocenters. The van der Waals surface area contributed by atoms with Gasteiger partial charge in [0.1, 0.15) is 6.04 Å². The van der Waals surface area contributed by atoms with Gasteiger partial charge in [0, 0.05) is 12.6 Å². The Bertz CT molecular complexity index is 1110. The SMILES string of the molecule is C[C@@H](NC(C(=O)NCc1ccccc1)c1ccccc1)c1ccc2ccccc2c1. The summed E-state index contributed by atoms with van der Waals surface area (Å²) in [5.41, 5.74) is 3.20. The molecular weight excluding hydrogens is 368 g/mol. The number of benzene rings is 4. The number of hydrogen-bond acceptors (Lipinski definition) is 2. The highest BCUT2D eigenvalue weighted by Crippen LogP contribution is 2.23. The quantitative estimate of drug-likeness (QED) is 0.432. The topological polar surface area (TPSA) is 41.1 Å². The van der Waals surface area contributed by atoms with Crippen molar-refractivity contribution in [2.24, 2.45) is 0 Å². The van der Waals surface area contributed by atoms with Gasteiger partial charge in [-0.2, -0.15) is 0 Å². The van der Waals surface area contributed by atoms with E-state index in [1.165, 1.54) is 10.8 Å². The van der Waals surface area contributed by atoms with Crippen molar-refractivity contribution in [3.63, 3.8) is 0 Å². The summed E-state index contributed by atoms with van der Waals surface area (Å²) < 4.78 is 0.